The molecule has 122 valence electrons. The number of nitrogens with one attached hydrogen (secondary N) is 2. The van der Waals surface area contributed by atoms with Crippen LogP contribution in [-0.2, 0) is 23.6 Å². The molecule has 0 aliphatic rings. The van der Waals surface area contributed by atoms with Crippen LogP contribution >= 0.6 is 0 Å². The van der Waals surface area contributed by atoms with Crippen LogP contribution in [0, 0.1) is 0 Å². The molecule has 1 aromatic rings. The third kappa shape index (κ3) is 5.45. The standard InChI is InChI=1S/C15H29N3O2S/c1-6-8-13(7-2)17-21(19,20)15-9-14(18(5)11-15)10-16-12(3)4/h9,11-13,16-17H,6-8,10H2,1-5H3. The first-order valence-corrected chi connectivity index (χ1v) is 9.19. The molecule has 2 N–H and O–H groups in total. The maximum absolute atomic E-state index is 12.4. The molecule has 1 atom stereocenters. The number of rotatable bonds is 9. The molecule has 1 unspecified atom stereocenters. The Morgan fingerprint density at radius 3 is 2.48 bits per heavy atom. The van der Waals surface area contributed by atoms with Gasteiger partial charge in [-0.15, -0.1) is 0 Å². The van der Waals surface area contributed by atoms with Crippen LogP contribution in [-0.4, -0.2) is 25.1 Å². The van der Waals surface area contributed by atoms with Gasteiger partial charge < -0.3 is 9.88 Å². The molecule has 5 nitrogen and oxygen atoms in total. The molecule has 0 saturated heterocycles. The van der Waals surface area contributed by atoms with Gasteiger partial charge in [0, 0.05) is 37.6 Å². The second-order valence-electron chi connectivity index (χ2n) is 5.83. The minimum absolute atomic E-state index is 0.0115. The second-order valence-corrected chi connectivity index (χ2v) is 7.54. The van der Waals surface area contributed by atoms with Crippen molar-refractivity contribution in [3.63, 3.8) is 0 Å². The van der Waals surface area contributed by atoms with Crippen LogP contribution in [0.25, 0.3) is 0 Å². The van der Waals surface area contributed by atoms with Crippen LogP contribution in [0.2, 0.25) is 0 Å². The zero-order chi connectivity index (χ0) is 16.0. The van der Waals surface area contributed by atoms with Crippen molar-refractivity contribution >= 4 is 10.0 Å². The molecule has 1 rings (SSSR count). The smallest absolute Gasteiger partial charge is 0.242 e. The number of hydrogen-bond acceptors (Lipinski definition) is 3. The van der Waals surface area contributed by atoms with Crippen LogP contribution in [0.3, 0.4) is 0 Å². The Bertz CT molecular complexity index is 535. The summed E-state index contributed by atoms with van der Waals surface area (Å²) in [6.45, 7) is 8.87. The van der Waals surface area contributed by atoms with Crippen molar-refractivity contribution in [1.82, 2.24) is 14.6 Å². The minimum atomic E-state index is -3.43. The second kappa shape index (κ2) is 7.96. The number of hydrogen-bond donors (Lipinski definition) is 2. The predicted octanol–water partition coefficient (Wildman–Crippen LogP) is 2.38. The van der Waals surface area contributed by atoms with Crippen molar-refractivity contribution in [3.8, 4) is 0 Å². The van der Waals surface area contributed by atoms with E-state index in [0.717, 1.165) is 25.0 Å². The molecule has 0 aromatic carbocycles. The fourth-order valence-corrected chi connectivity index (χ4v) is 3.64. The Kier molecular flexibility index (Phi) is 6.90. The predicted molar refractivity (Wildman–Crippen MR) is 86.7 cm³/mol. The summed E-state index contributed by atoms with van der Waals surface area (Å²) in [7, 11) is -1.56. The van der Waals surface area contributed by atoms with E-state index in [4.69, 9.17) is 0 Å². The molecule has 0 aliphatic heterocycles. The molecule has 6 heteroatoms. The fraction of sp³-hybridized carbons (Fsp3) is 0.733. The normalized spacial score (nSPS) is 13.8. The zero-order valence-electron chi connectivity index (χ0n) is 13.8. The molecular formula is C15H29N3O2S. The number of aryl methyl sites for hydroxylation is 1. The highest BCUT2D eigenvalue weighted by Crippen LogP contribution is 2.15. The monoisotopic (exact) mass is 315 g/mol. The molecule has 0 aliphatic carbocycles. The van der Waals surface area contributed by atoms with E-state index in [1.807, 2.05) is 18.5 Å². The van der Waals surface area contributed by atoms with Crippen molar-refractivity contribution in [1.29, 1.82) is 0 Å². The highest BCUT2D eigenvalue weighted by molar-refractivity contribution is 7.89. The molecule has 1 aromatic heterocycles. The Hall–Kier alpha value is -0.850. The Morgan fingerprint density at radius 2 is 1.95 bits per heavy atom. The van der Waals surface area contributed by atoms with Gasteiger partial charge in [-0.3, -0.25) is 0 Å². The van der Waals surface area contributed by atoms with Crippen molar-refractivity contribution < 1.29 is 8.42 Å². The Morgan fingerprint density at radius 1 is 1.29 bits per heavy atom. The van der Waals surface area contributed by atoms with Crippen LogP contribution in [0.15, 0.2) is 17.2 Å². The highest BCUT2D eigenvalue weighted by Gasteiger charge is 2.20. The quantitative estimate of drug-likeness (QED) is 0.735. The lowest BCUT2D eigenvalue weighted by Crippen LogP contribution is -2.34. The van der Waals surface area contributed by atoms with Gasteiger partial charge >= 0.3 is 0 Å². The van der Waals surface area contributed by atoms with Crippen LogP contribution in [0.1, 0.15) is 52.7 Å². The summed E-state index contributed by atoms with van der Waals surface area (Å²) in [5, 5.41) is 3.30. The van der Waals surface area contributed by atoms with E-state index in [2.05, 4.69) is 30.8 Å². The third-order valence-corrected chi connectivity index (χ3v) is 5.02. The van der Waals surface area contributed by atoms with Crippen LogP contribution in [0.5, 0.6) is 0 Å². The molecule has 0 saturated carbocycles. The topological polar surface area (TPSA) is 63.1 Å². The fourth-order valence-electron chi connectivity index (χ4n) is 2.19. The van der Waals surface area contributed by atoms with Gasteiger partial charge in [0.15, 0.2) is 0 Å². The average Bonchev–Trinajstić information content (AvgIpc) is 2.78. The van der Waals surface area contributed by atoms with E-state index < -0.39 is 10.0 Å². The third-order valence-electron chi connectivity index (χ3n) is 3.54. The summed E-state index contributed by atoms with van der Waals surface area (Å²) in [6.07, 6.45) is 4.32. The lowest BCUT2D eigenvalue weighted by Gasteiger charge is -2.15. The first-order chi connectivity index (χ1) is 9.80. The van der Waals surface area contributed by atoms with Gasteiger partial charge in [-0.1, -0.05) is 34.1 Å². The van der Waals surface area contributed by atoms with Gasteiger partial charge in [0.05, 0.1) is 4.90 Å². The van der Waals surface area contributed by atoms with Crippen LogP contribution in [0.4, 0.5) is 0 Å². The summed E-state index contributed by atoms with van der Waals surface area (Å²) in [6, 6.07) is 2.13. The lowest BCUT2D eigenvalue weighted by atomic mass is 10.1. The van der Waals surface area contributed by atoms with Gasteiger partial charge in [0.25, 0.3) is 0 Å². The van der Waals surface area contributed by atoms with Crippen molar-refractivity contribution in [2.24, 2.45) is 7.05 Å². The molecule has 1 heterocycles. The van der Waals surface area contributed by atoms with Gasteiger partial charge in [-0.05, 0) is 18.9 Å². The molecule has 0 spiro atoms. The first kappa shape index (κ1) is 18.2. The molecule has 21 heavy (non-hydrogen) atoms. The van der Waals surface area contributed by atoms with Crippen molar-refractivity contribution in [2.75, 3.05) is 0 Å². The van der Waals surface area contributed by atoms with E-state index >= 15 is 0 Å². The summed E-state index contributed by atoms with van der Waals surface area (Å²) in [5.41, 5.74) is 0.965. The van der Waals surface area contributed by atoms with E-state index in [-0.39, 0.29) is 6.04 Å². The average molecular weight is 315 g/mol. The van der Waals surface area contributed by atoms with E-state index in [1.54, 1.807) is 12.3 Å². The van der Waals surface area contributed by atoms with Crippen molar-refractivity contribution in [3.05, 3.63) is 18.0 Å². The summed E-state index contributed by atoms with van der Waals surface area (Å²) in [5.74, 6) is 0. The SMILES string of the molecule is CCCC(CC)NS(=O)(=O)c1cc(CNC(C)C)n(C)c1. The Balaban J connectivity index is 2.86. The van der Waals surface area contributed by atoms with Gasteiger partial charge in [0.1, 0.15) is 0 Å². The minimum Gasteiger partial charge on any atom is -0.352 e. The summed E-state index contributed by atoms with van der Waals surface area (Å²) < 4.78 is 29.5. The number of nitrogens with zero attached hydrogens (tertiary/aromatic N) is 1. The zero-order valence-corrected chi connectivity index (χ0v) is 14.6. The molecule has 0 bridgehead atoms. The molecule has 0 amide bonds. The lowest BCUT2D eigenvalue weighted by molar-refractivity contribution is 0.512. The summed E-state index contributed by atoms with van der Waals surface area (Å²) in [4.78, 5) is 0.347. The largest absolute Gasteiger partial charge is 0.352 e. The maximum Gasteiger partial charge on any atom is 0.242 e. The Labute approximate surface area is 129 Å². The van der Waals surface area contributed by atoms with E-state index in [9.17, 15) is 8.42 Å². The van der Waals surface area contributed by atoms with Gasteiger partial charge in [-0.25, -0.2) is 13.1 Å². The summed E-state index contributed by atoms with van der Waals surface area (Å²) >= 11 is 0. The molecule has 0 fully saturated rings. The van der Waals surface area contributed by atoms with Crippen molar-refractivity contribution in [2.45, 2.75) is 70.5 Å². The van der Waals surface area contributed by atoms with Gasteiger partial charge in [-0.2, -0.15) is 0 Å². The molecular weight excluding hydrogens is 286 g/mol. The highest BCUT2D eigenvalue weighted by atomic mass is 32.2. The first-order valence-electron chi connectivity index (χ1n) is 7.71. The van der Waals surface area contributed by atoms with E-state index in [0.29, 0.717) is 17.5 Å². The van der Waals surface area contributed by atoms with Crippen LogP contribution < -0.4 is 10.0 Å². The number of aromatic nitrogens is 1. The molecule has 0 radical (unpaired) electrons. The van der Waals surface area contributed by atoms with Gasteiger partial charge in [0.2, 0.25) is 10.0 Å². The van der Waals surface area contributed by atoms with E-state index in [1.165, 1.54) is 0 Å². The maximum atomic E-state index is 12.4. The number of sulfonamides is 1.